The summed E-state index contributed by atoms with van der Waals surface area (Å²) < 4.78 is 27.5. The first kappa shape index (κ1) is 22.3. The van der Waals surface area contributed by atoms with Gasteiger partial charge in [0, 0.05) is 38.0 Å². The predicted molar refractivity (Wildman–Crippen MR) is 108 cm³/mol. The number of rotatable bonds is 4. The highest BCUT2D eigenvalue weighted by Crippen LogP contribution is 2.33. The molecule has 0 aromatic rings. The fraction of sp³-hybridized carbons (Fsp3) is 0.895. The van der Waals surface area contributed by atoms with Gasteiger partial charge in [-0.3, -0.25) is 21.0 Å². The van der Waals surface area contributed by atoms with Crippen molar-refractivity contribution in [1.82, 2.24) is 31.9 Å². The molecular weight excluding hydrogens is 380 g/mol. The van der Waals surface area contributed by atoms with Crippen LogP contribution in [0.25, 0.3) is 0 Å². The van der Waals surface area contributed by atoms with E-state index in [1.165, 1.54) is 0 Å². The van der Waals surface area contributed by atoms with Gasteiger partial charge in [-0.1, -0.05) is 0 Å². The Bertz CT molecular complexity index is 595. The van der Waals surface area contributed by atoms with Crippen LogP contribution in [0.15, 0.2) is 4.99 Å². The zero-order valence-electron chi connectivity index (χ0n) is 17.7. The van der Waals surface area contributed by atoms with Gasteiger partial charge in [0.05, 0.1) is 0 Å². The monoisotopic (exact) mass is 415 g/mol. The fourth-order valence-corrected chi connectivity index (χ4v) is 4.51. The quantitative estimate of drug-likeness (QED) is 0.343. The van der Waals surface area contributed by atoms with Gasteiger partial charge in [0.1, 0.15) is 24.6 Å². The lowest BCUT2D eigenvalue weighted by molar-refractivity contribution is -0.124. The highest BCUT2D eigenvalue weighted by atomic mass is 19.1. The van der Waals surface area contributed by atoms with Crippen LogP contribution in [0, 0.1) is 5.92 Å². The zero-order valence-corrected chi connectivity index (χ0v) is 17.7. The number of hydrogen-bond donors (Lipinski definition) is 5. The van der Waals surface area contributed by atoms with E-state index in [0.717, 1.165) is 6.42 Å². The smallest absolute Gasteiger partial charge is 0.245 e. The average molecular weight is 416 g/mol. The molecule has 3 rings (SSSR count). The van der Waals surface area contributed by atoms with Gasteiger partial charge in [0.15, 0.2) is 5.96 Å². The molecule has 1 amide bonds. The van der Waals surface area contributed by atoms with Crippen LogP contribution >= 0.6 is 0 Å². The molecule has 3 aliphatic rings. The summed E-state index contributed by atoms with van der Waals surface area (Å²) in [5.41, 5.74) is 9.46. The lowest BCUT2D eigenvalue weighted by Crippen LogP contribution is -2.51. The molecule has 6 unspecified atom stereocenters. The maximum absolute atomic E-state index is 13.8. The fourth-order valence-electron chi connectivity index (χ4n) is 4.51. The second-order valence-electron chi connectivity index (χ2n) is 8.97. The Morgan fingerprint density at radius 2 is 1.79 bits per heavy atom. The van der Waals surface area contributed by atoms with Crippen LogP contribution in [0.4, 0.5) is 8.78 Å². The number of amides is 1. The number of halogens is 2. The summed E-state index contributed by atoms with van der Waals surface area (Å²) in [6.07, 6.45) is -0.333. The number of nitrogens with zero attached hydrogens (tertiary/aromatic N) is 2. The first-order valence-corrected chi connectivity index (χ1v) is 10.6. The minimum absolute atomic E-state index is 0.00973. The molecule has 10 heteroatoms. The summed E-state index contributed by atoms with van der Waals surface area (Å²) in [5, 5.41) is 7.92. The summed E-state index contributed by atoms with van der Waals surface area (Å²) in [6.45, 7) is 5.98. The Labute approximate surface area is 171 Å². The molecule has 0 aromatic heterocycles. The van der Waals surface area contributed by atoms with Crippen molar-refractivity contribution >= 4 is 11.9 Å². The third-order valence-electron chi connectivity index (χ3n) is 5.83. The van der Waals surface area contributed by atoms with E-state index in [1.807, 2.05) is 32.8 Å². The van der Waals surface area contributed by atoms with Crippen LogP contribution in [0.5, 0.6) is 0 Å². The molecule has 29 heavy (non-hydrogen) atoms. The zero-order chi connectivity index (χ0) is 21.1. The molecule has 8 nitrogen and oxygen atoms in total. The Kier molecular flexibility index (Phi) is 7.42. The van der Waals surface area contributed by atoms with Gasteiger partial charge < -0.3 is 5.32 Å². The average Bonchev–Trinajstić information content (AvgIpc) is 3.19. The highest BCUT2D eigenvalue weighted by Gasteiger charge is 2.38. The SMILES string of the molecule is CC(C)N/C(=N\C1CC(C2CC(F)CC(F)C2)NN1)NC(=O)C1CC(C)NN1C. The van der Waals surface area contributed by atoms with Crippen LogP contribution in [-0.4, -0.2) is 66.6 Å². The second-order valence-corrected chi connectivity index (χ2v) is 8.97. The van der Waals surface area contributed by atoms with Crippen LogP contribution in [0.2, 0.25) is 0 Å². The van der Waals surface area contributed by atoms with E-state index in [9.17, 15) is 13.6 Å². The number of carbonyl (C=O) groups excluding carboxylic acids is 1. The molecule has 0 spiro atoms. The number of guanidine groups is 1. The largest absolute Gasteiger partial charge is 0.354 e. The van der Waals surface area contributed by atoms with Crippen molar-refractivity contribution in [1.29, 1.82) is 0 Å². The van der Waals surface area contributed by atoms with Gasteiger partial charge in [0.25, 0.3) is 0 Å². The molecule has 2 heterocycles. The summed E-state index contributed by atoms with van der Waals surface area (Å²) in [7, 11) is 1.86. The molecule has 5 N–H and O–H groups in total. The minimum atomic E-state index is -1.08. The summed E-state index contributed by atoms with van der Waals surface area (Å²) in [6, 6.07) is 0.0275. The van der Waals surface area contributed by atoms with Crippen molar-refractivity contribution in [3.8, 4) is 0 Å². The lowest BCUT2D eigenvalue weighted by Gasteiger charge is -2.31. The highest BCUT2D eigenvalue weighted by molar-refractivity contribution is 5.99. The summed E-state index contributed by atoms with van der Waals surface area (Å²) in [5.74, 6) is 0.233. The van der Waals surface area contributed by atoms with Crippen molar-refractivity contribution in [2.45, 2.75) is 95.6 Å². The molecule has 166 valence electrons. The molecule has 2 saturated heterocycles. The third-order valence-corrected chi connectivity index (χ3v) is 5.83. The van der Waals surface area contributed by atoms with Crippen molar-refractivity contribution in [2.24, 2.45) is 10.9 Å². The van der Waals surface area contributed by atoms with E-state index >= 15 is 0 Å². The van der Waals surface area contributed by atoms with Gasteiger partial charge in [-0.2, -0.15) is 0 Å². The van der Waals surface area contributed by atoms with Gasteiger partial charge in [-0.15, -0.1) is 0 Å². The first-order chi connectivity index (χ1) is 13.7. The topological polar surface area (TPSA) is 92.8 Å². The van der Waals surface area contributed by atoms with Crippen LogP contribution in [0.3, 0.4) is 0 Å². The standard InChI is InChI=1S/C19H35F2N7O/c1-10(2)22-19(24-18(29)16-5-11(3)27-28(16)4)23-17-9-15(25-26-17)12-6-13(20)8-14(21)7-12/h10-17,25-27H,5-9H2,1-4H3,(H2,22,23,24,29). The van der Waals surface area contributed by atoms with E-state index in [2.05, 4.69) is 31.9 Å². The van der Waals surface area contributed by atoms with E-state index in [0.29, 0.717) is 25.2 Å². The minimum Gasteiger partial charge on any atom is -0.354 e. The van der Waals surface area contributed by atoms with Crippen molar-refractivity contribution in [3.05, 3.63) is 0 Å². The number of hydrazine groups is 2. The van der Waals surface area contributed by atoms with E-state index < -0.39 is 12.3 Å². The normalized spacial score (nSPS) is 39.1. The van der Waals surface area contributed by atoms with Crippen molar-refractivity contribution in [3.63, 3.8) is 0 Å². The van der Waals surface area contributed by atoms with Crippen LogP contribution < -0.4 is 26.9 Å². The molecule has 0 bridgehead atoms. The Hall–Kier alpha value is -1.36. The Morgan fingerprint density at radius 3 is 2.38 bits per heavy atom. The first-order valence-electron chi connectivity index (χ1n) is 10.6. The number of likely N-dealkylation sites (N-methyl/N-ethyl adjacent to an activating group) is 1. The third kappa shape index (κ3) is 6.07. The number of aliphatic imine (C=N–C) groups is 1. The summed E-state index contributed by atoms with van der Waals surface area (Å²) in [4.78, 5) is 17.3. The van der Waals surface area contributed by atoms with E-state index in [1.54, 1.807) is 0 Å². The number of nitrogens with one attached hydrogen (secondary N) is 5. The van der Waals surface area contributed by atoms with E-state index in [-0.39, 0.29) is 48.6 Å². The maximum Gasteiger partial charge on any atom is 0.245 e. The molecule has 3 fully saturated rings. The van der Waals surface area contributed by atoms with Crippen LogP contribution in [-0.2, 0) is 4.79 Å². The molecular formula is C19H35F2N7O. The second kappa shape index (κ2) is 9.63. The number of carbonyl (C=O) groups is 1. The molecule has 2 aliphatic heterocycles. The molecule has 0 aromatic carbocycles. The maximum atomic E-state index is 13.8. The number of hydrogen-bond acceptors (Lipinski definition) is 6. The summed E-state index contributed by atoms with van der Waals surface area (Å²) >= 11 is 0. The number of alkyl halides is 2. The van der Waals surface area contributed by atoms with Gasteiger partial charge in [-0.25, -0.2) is 24.2 Å². The Morgan fingerprint density at radius 1 is 1.10 bits per heavy atom. The van der Waals surface area contributed by atoms with Gasteiger partial charge >= 0.3 is 0 Å². The Balaban J connectivity index is 1.60. The van der Waals surface area contributed by atoms with E-state index in [4.69, 9.17) is 0 Å². The predicted octanol–water partition coefficient (Wildman–Crippen LogP) is 0.723. The lowest BCUT2D eigenvalue weighted by atomic mass is 9.81. The van der Waals surface area contributed by atoms with Crippen molar-refractivity contribution in [2.75, 3.05) is 7.05 Å². The molecule has 1 aliphatic carbocycles. The van der Waals surface area contributed by atoms with Crippen molar-refractivity contribution < 1.29 is 13.6 Å². The van der Waals surface area contributed by atoms with Gasteiger partial charge in [0.2, 0.25) is 5.91 Å². The molecule has 0 radical (unpaired) electrons. The molecule has 1 saturated carbocycles. The molecule has 6 atom stereocenters. The van der Waals surface area contributed by atoms with Gasteiger partial charge in [-0.05, 0) is 46.0 Å². The van der Waals surface area contributed by atoms with Crippen LogP contribution in [0.1, 0.15) is 52.9 Å².